The van der Waals surface area contributed by atoms with E-state index in [9.17, 15) is 15.0 Å². The predicted octanol–water partition coefficient (Wildman–Crippen LogP) is 3.67. The van der Waals surface area contributed by atoms with Crippen molar-refractivity contribution >= 4 is 5.91 Å². The van der Waals surface area contributed by atoms with Crippen LogP contribution in [0.1, 0.15) is 90.9 Å². The van der Waals surface area contributed by atoms with Crippen molar-refractivity contribution < 1.29 is 15.0 Å². The number of nitrogens with two attached hydrogens (primary N) is 1. The summed E-state index contributed by atoms with van der Waals surface area (Å²) in [6.45, 7) is 7.63. The van der Waals surface area contributed by atoms with Crippen molar-refractivity contribution in [2.75, 3.05) is 0 Å². The fourth-order valence-corrected chi connectivity index (χ4v) is 4.25. The van der Waals surface area contributed by atoms with Crippen LogP contribution in [0.25, 0.3) is 0 Å². The van der Waals surface area contributed by atoms with Gasteiger partial charge in [-0.2, -0.15) is 0 Å². The van der Waals surface area contributed by atoms with Crippen molar-refractivity contribution in [3.63, 3.8) is 0 Å². The molecule has 1 amide bonds. The van der Waals surface area contributed by atoms with Gasteiger partial charge < -0.3 is 21.3 Å². The highest BCUT2D eigenvalue weighted by atomic mass is 16.3. The van der Waals surface area contributed by atoms with Gasteiger partial charge in [-0.15, -0.1) is 6.58 Å². The quantitative estimate of drug-likeness (QED) is 0.266. The second-order valence-electron chi connectivity index (χ2n) is 9.08. The highest BCUT2D eigenvalue weighted by Crippen LogP contribution is 2.28. The number of carbonyl (C=O) groups is 1. The van der Waals surface area contributed by atoms with E-state index >= 15 is 0 Å². The van der Waals surface area contributed by atoms with E-state index in [2.05, 4.69) is 11.9 Å². The minimum atomic E-state index is -0.972. The molecule has 1 aliphatic rings. The number of amides is 1. The first-order chi connectivity index (χ1) is 13.3. The molecule has 1 rings (SSSR count). The topological polar surface area (TPSA) is 95.6 Å². The second-order valence-corrected chi connectivity index (χ2v) is 9.08. The van der Waals surface area contributed by atoms with Crippen LogP contribution in [0.15, 0.2) is 12.7 Å². The molecule has 28 heavy (non-hydrogen) atoms. The minimum absolute atomic E-state index is 0.277. The fourth-order valence-electron chi connectivity index (χ4n) is 4.25. The molecular weight excluding hydrogens is 352 g/mol. The molecule has 5 nitrogen and oxygen atoms in total. The molecule has 5 heteroatoms. The maximum absolute atomic E-state index is 12.3. The smallest absolute Gasteiger partial charge is 0.237 e. The van der Waals surface area contributed by atoms with Gasteiger partial charge in [-0.3, -0.25) is 4.79 Å². The van der Waals surface area contributed by atoms with Gasteiger partial charge >= 0.3 is 0 Å². The van der Waals surface area contributed by atoms with Crippen LogP contribution in [-0.2, 0) is 4.79 Å². The Hall–Kier alpha value is -0.910. The molecule has 0 radical (unpaired) electrons. The second kappa shape index (κ2) is 14.1. The number of aliphatic hydroxyl groups is 2. The van der Waals surface area contributed by atoms with Crippen molar-refractivity contribution in [1.82, 2.24) is 5.32 Å². The van der Waals surface area contributed by atoms with E-state index in [1.54, 1.807) is 6.08 Å². The molecule has 1 aliphatic carbocycles. The lowest BCUT2D eigenvalue weighted by Gasteiger charge is -2.29. The Kier molecular flexibility index (Phi) is 12.7. The number of carbonyl (C=O) groups excluding carboxylic acids is 1. The van der Waals surface area contributed by atoms with E-state index < -0.39 is 24.3 Å². The molecule has 4 atom stereocenters. The molecule has 0 aromatic rings. The van der Waals surface area contributed by atoms with Crippen LogP contribution in [0.3, 0.4) is 0 Å². The van der Waals surface area contributed by atoms with Gasteiger partial charge in [0.05, 0.1) is 24.3 Å². The first-order valence-electron chi connectivity index (χ1n) is 11.4. The summed E-state index contributed by atoms with van der Waals surface area (Å²) in [5.74, 6) is 0.877. The van der Waals surface area contributed by atoms with Crippen LogP contribution < -0.4 is 11.1 Å². The van der Waals surface area contributed by atoms with Gasteiger partial charge in [-0.25, -0.2) is 0 Å². The number of nitrogens with one attached hydrogen (secondary N) is 1. The Morgan fingerprint density at radius 1 is 1.18 bits per heavy atom. The molecular formula is C23H44N2O3. The summed E-state index contributed by atoms with van der Waals surface area (Å²) in [7, 11) is 0. The summed E-state index contributed by atoms with van der Waals surface area (Å²) in [5, 5.41) is 23.8. The molecule has 1 fully saturated rings. The van der Waals surface area contributed by atoms with Gasteiger partial charge in [0.2, 0.25) is 5.91 Å². The molecule has 0 heterocycles. The summed E-state index contributed by atoms with van der Waals surface area (Å²) in [4.78, 5) is 12.3. The first kappa shape index (κ1) is 25.1. The Bertz CT molecular complexity index is 436. The molecule has 164 valence electrons. The molecule has 5 N–H and O–H groups in total. The maximum atomic E-state index is 12.3. The van der Waals surface area contributed by atoms with E-state index in [0.717, 1.165) is 18.8 Å². The third kappa shape index (κ3) is 10.0. The van der Waals surface area contributed by atoms with E-state index in [1.807, 2.05) is 13.8 Å². The van der Waals surface area contributed by atoms with Gasteiger partial charge in [0, 0.05) is 0 Å². The number of unbranched alkanes of at least 4 members (excludes halogenated alkanes) is 2. The van der Waals surface area contributed by atoms with Gasteiger partial charge in [-0.05, 0) is 31.1 Å². The average Bonchev–Trinajstić information content (AvgIpc) is 2.66. The van der Waals surface area contributed by atoms with Crippen LogP contribution in [0.2, 0.25) is 0 Å². The summed E-state index contributed by atoms with van der Waals surface area (Å²) < 4.78 is 0. The van der Waals surface area contributed by atoms with E-state index in [-0.39, 0.29) is 11.8 Å². The van der Waals surface area contributed by atoms with Crippen molar-refractivity contribution in [2.45, 2.75) is 115 Å². The van der Waals surface area contributed by atoms with E-state index in [1.165, 1.54) is 44.9 Å². The Balaban J connectivity index is 2.48. The van der Waals surface area contributed by atoms with E-state index in [0.29, 0.717) is 19.3 Å². The van der Waals surface area contributed by atoms with Crippen LogP contribution >= 0.6 is 0 Å². The highest BCUT2D eigenvalue weighted by Gasteiger charge is 2.29. The van der Waals surface area contributed by atoms with Gasteiger partial charge in [0.1, 0.15) is 0 Å². The largest absolute Gasteiger partial charge is 0.390 e. The third-order valence-corrected chi connectivity index (χ3v) is 5.96. The molecule has 0 bridgehead atoms. The molecule has 0 spiro atoms. The molecule has 0 aromatic carbocycles. The fraction of sp³-hybridized carbons (Fsp3) is 0.870. The zero-order chi connectivity index (χ0) is 20.9. The van der Waals surface area contributed by atoms with Crippen molar-refractivity contribution in [1.29, 1.82) is 0 Å². The van der Waals surface area contributed by atoms with Crippen molar-refractivity contribution in [3.05, 3.63) is 12.7 Å². The van der Waals surface area contributed by atoms with Crippen LogP contribution in [0, 0.1) is 11.8 Å². The van der Waals surface area contributed by atoms with Gasteiger partial charge in [0.15, 0.2) is 0 Å². The monoisotopic (exact) mass is 396 g/mol. The summed E-state index contributed by atoms with van der Waals surface area (Å²) in [5.41, 5.74) is 5.86. The SMILES string of the molecule is C=CC[C@H](N)C(=O)N[C@@H](CCCCCC1CCCCC1)[C@@H](O)[C@@H](O)CC(C)C. The normalized spacial score (nSPS) is 19.8. The molecule has 0 aliphatic heterocycles. The molecule has 0 saturated heterocycles. The molecule has 1 saturated carbocycles. The number of rotatable bonds is 14. The maximum Gasteiger partial charge on any atom is 0.237 e. The van der Waals surface area contributed by atoms with Crippen LogP contribution in [0.5, 0.6) is 0 Å². The molecule has 0 unspecified atom stereocenters. The molecule has 0 aromatic heterocycles. The number of hydrogen-bond donors (Lipinski definition) is 4. The van der Waals surface area contributed by atoms with Gasteiger partial charge in [0.25, 0.3) is 0 Å². The van der Waals surface area contributed by atoms with E-state index in [4.69, 9.17) is 5.73 Å². The zero-order valence-electron chi connectivity index (χ0n) is 18.1. The zero-order valence-corrected chi connectivity index (χ0v) is 18.1. The summed E-state index contributed by atoms with van der Waals surface area (Å²) in [6, 6.07) is -1.13. The van der Waals surface area contributed by atoms with Crippen LogP contribution in [0.4, 0.5) is 0 Å². The Morgan fingerprint density at radius 3 is 2.46 bits per heavy atom. The van der Waals surface area contributed by atoms with Gasteiger partial charge in [-0.1, -0.05) is 77.7 Å². The summed E-state index contributed by atoms with van der Waals surface area (Å²) >= 11 is 0. The predicted molar refractivity (Wildman–Crippen MR) is 116 cm³/mol. The Morgan fingerprint density at radius 2 is 1.86 bits per heavy atom. The lowest BCUT2D eigenvalue weighted by Crippen LogP contribution is -2.52. The summed E-state index contributed by atoms with van der Waals surface area (Å²) in [6.07, 6.45) is 12.8. The van der Waals surface area contributed by atoms with Crippen LogP contribution in [-0.4, -0.2) is 40.4 Å². The average molecular weight is 397 g/mol. The highest BCUT2D eigenvalue weighted by molar-refractivity contribution is 5.82. The minimum Gasteiger partial charge on any atom is -0.390 e. The Labute approximate surface area is 172 Å². The number of aliphatic hydroxyl groups excluding tert-OH is 2. The lowest BCUT2D eigenvalue weighted by atomic mass is 9.85. The third-order valence-electron chi connectivity index (χ3n) is 5.96. The van der Waals surface area contributed by atoms with Crippen molar-refractivity contribution in [3.8, 4) is 0 Å². The van der Waals surface area contributed by atoms with Crippen molar-refractivity contribution in [2.24, 2.45) is 17.6 Å². The first-order valence-corrected chi connectivity index (χ1v) is 11.4. The number of hydrogen-bond acceptors (Lipinski definition) is 4. The standard InChI is InChI=1S/C23H44N2O3/c1-4-11-19(24)23(28)25-20(22(27)21(26)16-17(2)3)15-10-6-9-14-18-12-7-5-8-13-18/h4,17-22,26-27H,1,5-16,24H2,2-3H3,(H,25,28)/t19-,20-,21-,22+/m0/s1. The lowest BCUT2D eigenvalue weighted by molar-refractivity contribution is -0.124.